The molecule has 5 nitrogen and oxygen atoms in total. The summed E-state index contributed by atoms with van der Waals surface area (Å²) in [5.74, 6) is -0.143. The van der Waals surface area contributed by atoms with Crippen LogP contribution in [0, 0.1) is 0 Å². The minimum Gasteiger partial charge on any atom is -0.389 e. The molecule has 0 saturated heterocycles. The third-order valence-electron chi connectivity index (χ3n) is 0.587. The second-order valence-electron chi connectivity index (χ2n) is 1.52. The average Bonchev–Trinajstić information content (AvgIpc) is 1.81. The van der Waals surface area contributed by atoms with Gasteiger partial charge in [-0.2, -0.15) is 8.42 Å². The van der Waals surface area contributed by atoms with Gasteiger partial charge in [0.2, 0.25) is 0 Å². The summed E-state index contributed by atoms with van der Waals surface area (Å²) in [6.45, 7) is -0.525. The number of aliphatic hydroxyl groups is 1. The quantitative estimate of drug-likeness (QED) is 0.457. The van der Waals surface area contributed by atoms with Gasteiger partial charge in [-0.15, -0.1) is 11.6 Å². The molecule has 0 radical (unpaired) electrons. The van der Waals surface area contributed by atoms with E-state index in [4.69, 9.17) is 21.3 Å². The fourth-order valence-electron chi connectivity index (χ4n) is 0.209. The zero-order valence-electron chi connectivity index (χ0n) is 4.90. The summed E-state index contributed by atoms with van der Waals surface area (Å²) in [7, 11) is -4.45. The summed E-state index contributed by atoms with van der Waals surface area (Å²) in [5.41, 5.74) is 0. The first kappa shape index (κ1) is 10.1. The van der Waals surface area contributed by atoms with Crippen molar-refractivity contribution >= 4 is 22.0 Å². The average molecular weight is 191 g/mol. The number of hydrogen-bond acceptors (Lipinski definition) is 4. The smallest absolute Gasteiger partial charge is 0.389 e. The van der Waals surface area contributed by atoms with Crippen LogP contribution in [0.3, 0.4) is 0 Å². The number of hydrogen-bond donors (Lipinski definition) is 2. The van der Waals surface area contributed by atoms with Gasteiger partial charge in [0.15, 0.2) is 0 Å². The Morgan fingerprint density at radius 1 is 1.60 bits per heavy atom. The molecule has 0 spiro atoms. The maximum atomic E-state index is 9.83. The van der Waals surface area contributed by atoms with Crippen LogP contribution in [0.25, 0.3) is 0 Å². The van der Waals surface area contributed by atoms with Gasteiger partial charge >= 0.3 is 10.4 Å². The first-order chi connectivity index (χ1) is 4.45. The van der Waals surface area contributed by atoms with Crippen molar-refractivity contribution in [1.82, 2.24) is 0 Å². The van der Waals surface area contributed by atoms with Crippen LogP contribution in [0.1, 0.15) is 0 Å². The van der Waals surface area contributed by atoms with Gasteiger partial charge in [0.05, 0.1) is 18.6 Å². The first-order valence-corrected chi connectivity index (χ1v) is 4.21. The highest BCUT2D eigenvalue weighted by Crippen LogP contribution is 1.92. The minimum absolute atomic E-state index is 0.143. The Bertz CT molecular complexity index is 175. The molecule has 0 aliphatic heterocycles. The van der Waals surface area contributed by atoms with Crippen molar-refractivity contribution in [3.63, 3.8) is 0 Å². The molecule has 2 N–H and O–H groups in total. The van der Waals surface area contributed by atoms with Crippen LogP contribution in [-0.4, -0.2) is 36.7 Å². The normalized spacial score (nSPS) is 15.1. The Labute approximate surface area is 63.5 Å². The van der Waals surface area contributed by atoms with Crippen LogP contribution in [0.15, 0.2) is 0 Å². The second-order valence-corrected chi connectivity index (χ2v) is 2.92. The van der Waals surface area contributed by atoms with Crippen LogP contribution < -0.4 is 0 Å². The molecule has 0 bridgehead atoms. The standard InChI is InChI=1S/C3H7ClO5S/c4-1-3(5)2-9-10(6,7)8/h3,5H,1-2H2,(H,6,7,8). The van der Waals surface area contributed by atoms with E-state index in [1.165, 1.54) is 0 Å². The SMILES string of the molecule is O=S(=O)(O)OCC(O)CCl. The summed E-state index contributed by atoms with van der Waals surface area (Å²) in [4.78, 5) is 0. The highest BCUT2D eigenvalue weighted by molar-refractivity contribution is 7.80. The topological polar surface area (TPSA) is 83.8 Å². The van der Waals surface area contributed by atoms with Crippen LogP contribution in [0.4, 0.5) is 0 Å². The van der Waals surface area contributed by atoms with Crippen LogP contribution in [0.5, 0.6) is 0 Å². The van der Waals surface area contributed by atoms with Gasteiger partial charge in [-0.3, -0.25) is 4.55 Å². The number of alkyl halides is 1. The zero-order valence-corrected chi connectivity index (χ0v) is 6.47. The van der Waals surface area contributed by atoms with E-state index in [0.717, 1.165) is 0 Å². The zero-order chi connectivity index (χ0) is 8.20. The third-order valence-corrected chi connectivity index (χ3v) is 1.38. The molecule has 0 aliphatic carbocycles. The molecule has 1 unspecified atom stereocenters. The Kier molecular flexibility index (Phi) is 4.14. The van der Waals surface area contributed by atoms with Crippen molar-refractivity contribution in [2.45, 2.75) is 6.10 Å². The molecule has 62 valence electrons. The van der Waals surface area contributed by atoms with Gasteiger partial charge in [0.1, 0.15) is 0 Å². The third kappa shape index (κ3) is 6.24. The van der Waals surface area contributed by atoms with Crippen molar-refractivity contribution in [3.8, 4) is 0 Å². The Hall–Kier alpha value is 0.120. The van der Waals surface area contributed by atoms with E-state index in [9.17, 15) is 8.42 Å². The first-order valence-electron chi connectivity index (χ1n) is 2.31. The molecule has 0 aromatic carbocycles. The summed E-state index contributed by atoms with van der Waals surface area (Å²) in [5, 5.41) is 8.59. The van der Waals surface area contributed by atoms with Crippen molar-refractivity contribution in [2.24, 2.45) is 0 Å². The molecule has 0 heterocycles. The molecule has 0 fully saturated rings. The molecule has 0 aromatic heterocycles. The molecule has 0 rings (SSSR count). The lowest BCUT2D eigenvalue weighted by Gasteiger charge is -2.03. The molecule has 0 amide bonds. The van der Waals surface area contributed by atoms with E-state index in [2.05, 4.69) is 4.18 Å². The molecule has 10 heavy (non-hydrogen) atoms. The maximum Gasteiger partial charge on any atom is 0.397 e. The fourth-order valence-corrected chi connectivity index (χ4v) is 0.627. The van der Waals surface area contributed by atoms with Gasteiger partial charge < -0.3 is 5.11 Å². The van der Waals surface area contributed by atoms with Crippen molar-refractivity contribution in [2.75, 3.05) is 12.5 Å². The summed E-state index contributed by atoms with van der Waals surface area (Å²) in [6, 6.07) is 0. The van der Waals surface area contributed by atoms with Gasteiger partial charge in [-0.1, -0.05) is 0 Å². The summed E-state index contributed by atoms with van der Waals surface area (Å²) >= 11 is 5.07. The lowest BCUT2D eigenvalue weighted by Crippen LogP contribution is -2.19. The van der Waals surface area contributed by atoms with Crippen molar-refractivity contribution in [3.05, 3.63) is 0 Å². The molecule has 0 saturated carbocycles. The van der Waals surface area contributed by atoms with E-state index in [1.807, 2.05) is 0 Å². The van der Waals surface area contributed by atoms with Gasteiger partial charge in [-0.05, 0) is 0 Å². The molecular weight excluding hydrogens is 184 g/mol. The van der Waals surface area contributed by atoms with E-state index >= 15 is 0 Å². The molecule has 7 heteroatoms. The van der Waals surface area contributed by atoms with E-state index in [1.54, 1.807) is 0 Å². The van der Waals surface area contributed by atoms with Crippen molar-refractivity contribution in [1.29, 1.82) is 0 Å². The predicted molar refractivity (Wildman–Crippen MR) is 34.2 cm³/mol. The van der Waals surface area contributed by atoms with E-state index in [0.29, 0.717) is 0 Å². The van der Waals surface area contributed by atoms with Crippen LogP contribution >= 0.6 is 11.6 Å². The molecule has 0 aromatic rings. The summed E-state index contributed by atoms with van der Waals surface area (Å²) in [6.07, 6.45) is -1.08. The number of aliphatic hydroxyl groups excluding tert-OH is 1. The highest BCUT2D eigenvalue weighted by atomic mass is 35.5. The monoisotopic (exact) mass is 190 g/mol. The fraction of sp³-hybridized carbons (Fsp3) is 1.00. The van der Waals surface area contributed by atoms with E-state index in [-0.39, 0.29) is 5.88 Å². The predicted octanol–water partition coefficient (Wildman–Crippen LogP) is -0.595. The maximum absolute atomic E-state index is 9.83. The van der Waals surface area contributed by atoms with E-state index < -0.39 is 23.1 Å². The largest absolute Gasteiger partial charge is 0.397 e. The molecule has 0 aliphatic rings. The number of rotatable bonds is 4. The summed E-state index contributed by atoms with van der Waals surface area (Å²) < 4.78 is 31.4. The van der Waals surface area contributed by atoms with Crippen LogP contribution in [0.2, 0.25) is 0 Å². The molecular formula is C3H7ClO5S. The number of halogens is 1. The molecule has 1 atom stereocenters. The van der Waals surface area contributed by atoms with Crippen molar-refractivity contribution < 1.29 is 22.3 Å². The Morgan fingerprint density at radius 3 is 2.40 bits per heavy atom. The Balaban J connectivity index is 3.56. The lowest BCUT2D eigenvalue weighted by atomic mass is 10.4. The van der Waals surface area contributed by atoms with Gasteiger partial charge in [0, 0.05) is 0 Å². The van der Waals surface area contributed by atoms with Gasteiger partial charge in [-0.25, -0.2) is 4.18 Å². The minimum atomic E-state index is -4.45. The second kappa shape index (κ2) is 4.09. The Morgan fingerprint density at radius 2 is 2.10 bits per heavy atom. The lowest BCUT2D eigenvalue weighted by molar-refractivity contribution is 0.120. The highest BCUT2D eigenvalue weighted by Gasteiger charge is 2.08. The van der Waals surface area contributed by atoms with Gasteiger partial charge in [0.25, 0.3) is 0 Å². The van der Waals surface area contributed by atoms with Crippen LogP contribution in [-0.2, 0) is 14.6 Å².